The highest BCUT2D eigenvalue weighted by Crippen LogP contribution is 2.39. The Kier molecular flexibility index (Phi) is 2.74. The Morgan fingerprint density at radius 1 is 1.50 bits per heavy atom. The quantitative estimate of drug-likeness (QED) is 0.526. The molecular formula is C12H16O4. The van der Waals surface area contributed by atoms with E-state index in [0.717, 1.165) is 0 Å². The van der Waals surface area contributed by atoms with Crippen LogP contribution in [0.25, 0.3) is 0 Å². The second-order valence-electron chi connectivity index (χ2n) is 4.75. The molecule has 0 aromatic carbocycles. The Morgan fingerprint density at radius 3 is 2.81 bits per heavy atom. The Labute approximate surface area is 94.6 Å². The summed E-state index contributed by atoms with van der Waals surface area (Å²) in [5.41, 5.74) is 0.374. The lowest BCUT2D eigenvalue weighted by molar-refractivity contribution is -0.157. The van der Waals surface area contributed by atoms with Gasteiger partial charge in [0.05, 0.1) is 5.92 Å². The van der Waals surface area contributed by atoms with E-state index in [2.05, 4.69) is 6.58 Å². The van der Waals surface area contributed by atoms with Gasteiger partial charge in [-0.3, -0.25) is 4.79 Å². The largest absolute Gasteiger partial charge is 0.458 e. The summed E-state index contributed by atoms with van der Waals surface area (Å²) in [7, 11) is 0. The van der Waals surface area contributed by atoms with Gasteiger partial charge in [-0.05, 0) is 19.3 Å². The van der Waals surface area contributed by atoms with Gasteiger partial charge in [0, 0.05) is 12.0 Å². The summed E-state index contributed by atoms with van der Waals surface area (Å²) in [6.07, 6.45) is 0.813. The molecule has 4 nitrogen and oxygen atoms in total. The van der Waals surface area contributed by atoms with Crippen LogP contribution in [0.3, 0.4) is 0 Å². The standard InChI is InChI=1S/C12H16O4/c1-6(2)11(13)15-9-4-7(3)8-5-10(9)16-12(8)14/h7-10H,1,4-5H2,2-3H3. The van der Waals surface area contributed by atoms with E-state index in [-0.39, 0.29) is 30.0 Å². The molecule has 0 amide bonds. The molecule has 4 heteroatoms. The lowest BCUT2D eigenvalue weighted by atomic mass is 9.80. The van der Waals surface area contributed by atoms with Crippen LogP contribution < -0.4 is 0 Å². The molecule has 2 bridgehead atoms. The smallest absolute Gasteiger partial charge is 0.333 e. The third kappa shape index (κ3) is 1.84. The molecule has 16 heavy (non-hydrogen) atoms. The zero-order valence-electron chi connectivity index (χ0n) is 9.56. The average Bonchev–Trinajstić information content (AvgIpc) is 2.54. The molecule has 0 aromatic heterocycles. The molecule has 2 aliphatic rings. The number of fused-ring (bicyclic) bond motifs is 2. The van der Waals surface area contributed by atoms with Crippen molar-refractivity contribution < 1.29 is 19.1 Å². The first-order valence-electron chi connectivity index (χ1n) is 5.56. The first-order valence-corrected chi connectivity index (χ1v) is 5.56. The minimum absolute atomic E-state index is 0.00946. The number of ether oxygens (including phenoxy) is 2. The lowest BCUT2D eigenvalue weighted by Gasteiger charge is -2.29. The second kappa shape index (κ2) is 3.92. The number of rotatable bonds is 2. The fraction of sp³-hybridized carbons (Fsp3) is 0.667. The van der Waals surface area contributed by atoms with E-state index in [1.807, 2.05) is 6.92 Å². The number of hydrogen-bond acceptors (Lipinski definition) is 4. The van der Waals surface area contributed by atoms with Crippen molar-refractivity contribution in [3.63, 3.8) is 0 Å². The maximum Gasteiger partial charge on any atom is 0.333 e. The molecule has 0 aromatic rings. The molecular weight excluding hydrogens is 208 g/mol. The van der Waals surface area contributed by atoms with Crippen molar-refractivity contribution in [2.24, 2.45) is 11.8 Å². The molecule has 4 atom stereocenters. The molecule has 0 radical (unpaired) electrons. The van der Waals surface area contributed by atoms with Gasteiger partial charge in [-0.25, -0.2) is 4.79 Å². The molecule has 88 valence electrons. The van der Waals surface area contributed by atoms with E-state index in [0.29, 0.717) is 18.4 Å². The van der Waals surface area contributed by atoms with Crippen LogP contribution in [0.5, 0.6) is 0 Å². The monoisotopic (exact) mass is 224 g/mol. The topological polar surface area (TPSA) is 52.6 Å². The summed E-state index contributed by atoms with van der Waals surface area (Å²) in [5.74, 6) is -0.344. The number of carbonyl (C=O) groups is 2. The number of carbonyl (C=O) groups excluding carboxylic acids is 2. The van der Waals surface area contributed by atoms with Crippen LogP contribution in [0, 0.1) is 11.8 Å². The zero-order valence-corrected chi connectivity index (χ0v) is 9.56. The van der Waals surface area contributed by atoms with Crippen molar-refractivity contribution in [2.45, 2.75) is 38.9 Å². The Hall–Kier alpha value is -1.32. The predicted molar refractivity (Wildman–Crippen MR) is 56.5 cm³/mol. The van der Waals surface area contributed by atoms with Crippen LogP contribution in [0.4, 0.5) is 0 Å². The van der Waals surface area contributed by atoms with E-state index in [1.165, 1.54) is 0 Å². The first kappa shape index (κ1) is 11.2. The molecule has 1 aliphatic heterocycles. The molecule has 2 fully saturated rings. The summed E-state index contributed by atoms with van der Waals surface area (Å²) in [6, 6.07) is 0. The highest BCUT2D eigenvalue weighted by molar-refractivity contribution is 5.87. The van der Waals surface area contributed by atoms with Crippen molar-refractivity contribution in [1.82, 2.24) is 0 Å². The van der Waals surface area contributed by atoms with Crippen LogP contribution >= 0.6 is 0 Å². The van der Waals surface area contributed by atoms with Gasteiger partial charge in [0.1, 0.15) is 12.2 Å². The lowest BCUT2D eigenvalue weighted by Crippen LogP contribution is -2.36. The summed E-state index contributed by atoms with van der Waals surface area (Å²) < 4.78 is 10.5. The van der Waals surface area contributed by atoms with Gasteiger partial charge < -0.3 is 9.47 Å². The van der Waals surface area contributed by atoms with E-state index in [4.69, 9.17) is 9.47 Å². The van der Waals surface area contributed by atoms with Crippen LogP contribution in [0.15, 0.2) is 12.2 Å². The Morgan fingerprint density at radius 2 is 2.19 bits per heavy atom. The highest BCUT2D eigenvalue weighted by atomic mass is 16.6. The molecule has 1 aliphatic carbocycles. The van der Waals surface area contributed by atoms with Crippen molar-refractivity contribution in [3.05, 3.63) is 12.2 Å². The fourth-order valence-corrected chi connectivity index (χ4v) is 2.37. The molecule has 1 heterocycles. The number of hydrogen-bond donors (Lipinski definition) is 0. The molecule has 1 saturated heterocycles. The minimum Gasteiger partial charge on any atom is -0.458 e. The van der Waals surface area contributed by atoms with Crippen LogP contribution in [-0.2, 0) is 19.1 Å². The summed E-state index contributed by atoms with van der Waals surface area (Å²) in [6.45, 7) is 7.14. The third-order valence-electron chi connectivity index (χ3n) is 3.37. The van der Waals surface area contributed by atoms with Gasteiger partial charge in [-0.2, -0.15) is 0 Å². The predicted octanol–water partition coefficient (Wildman–Crippen LogP) is 1.45. The summed E-state index contributed by atoms with van der Waals surface area (Å²) in [5, 5.41) is 0. The van der Waals surface area contributed by atoms with Gasteiger partial charge in [0.25, 0.3) is 0 Å². The molecule has 2 rings (SSSR count). The van der Waals surface area contributed by atoms with Crippen LogP contribution in [0.2, 0.25) is 0 Å². The summed E-state index contributed by atoms with van der Waals surface area (Å²) in [4.78, 5) is 22.9. The van der Waals surface area contributed by atoms with Crippen LogP contribution in [0.1, 0.15) is 26.7 Å². The molecule has 0 N–H and O–H groups in total. The van der Waals surface area contributed by atoms with Gasteiger partial charge in [0.2, 0.25) is 0 Å². The Bertz CT molecular complexity index is 347. The highest BCUT2D eigenvalue weighted by Gasteiger charge is 2.48. The normalized spacial score (nSPS) is 36.8. The maximum absolute atomic E-state index is 11.5. The van der Waals surface area contributed by atoms with Gasteiger partial charge >= 0.3 is 11.9 Å². The maximum atomic E-state index is 11.5. The third-order valence-corrected chi connectivity index (χ3v) is 3.37. The SMILES string of the molecule is C=C(C)C(=O)OC1CC(C)C2CC1OC2=O. The number of esters is 2. The Balaban J connectivity index is 2.04. The molecule has 0 spiro atoms. The van der Waals surface area contributed by atoms with E-state index in [1.54, 1.807) is 6.92 Å². The van der Waals surface area contributed by atoms with Gasteiger partial charge in [0.15, 0.2) is 0 Å². The van der Waals surface area contributed by atoms with Gasteiger partial charge in [-0.15, -0.1) is 0 Å². The second-order valence-corrected chi connectivity index (χ2v) is 4.75. The average molecular weight is 224 g/mol. The van der Waals surface area contributed by atoms with Crippen LogP contribution in [-0.4, -0.2) is 24.1 Å². The zero-order chi connectivity index (χ0) is 11.9. The molecule has 1 saturated carbocycles. The van der Waals surface area contributed by atoms with Crippen molar-refractivity contribution in [2.75, 3.05) is 0 Å². The van der Waals surface area contributed by atoms with Gasteiger partial charge in [-0.1, -0.05) is 13.5 Å². The van der Waals surface area contributed by atoms with E-state index >= 15 is 0 Å². The fourth-order valence-electron chi connectivity index (χ4n) is 2.37. The van der Waals surface area contributed by atoms with Crippen molar-refractivity contribution in [1.29, 1.82) is 0 Å². The van der Waals surface area contributed by atoms with E-state index in [9.17, 15) is 9.59 Å². The first-order chi connectivity index (χ1) is 7.49. The molecule has 4 unspecified atom stereocenters. The van der Waals surface area contributed by atoms with Crippen molar-refractivity contribution in [3.8, 4) is 0 Å². The summed E-state index contributed by atoms with van der Waals surface area (Å²) >= 11 is 0. The minimum atomic E-state index is -0.404. The van der Waals surface area contributed by atoms with Crippen molar-refractivity contribution >= 4 is 11.9 Å². The van der Waals surface area contributed by atoms with E-state index < -0.39 is 5.97 Å².